The van der Waals surface area contributed by atoms with Crippen LogP contribution in [-0.2, 0) is 10.9 Å². The number of thiophene rings is 1. The molecule has 2 bridgehead atoms. The van der Waals surface area contributed by atoms with E-state index in [-0.39, 0.29) is 44.7 Å². The Morgan fingerprint density at radius 2 is 1.85 bits per heavy atom. The molecule has 0 radical (unpaired) electrons. The summed E-state index contributed by atoms with van der Waals surface area (Å²) in [6.45, 7) is 2.51. The van der Waals surface area contributed by atoms with Gasteiger partial charge in [0.15, 0.2) is 5.82 Å². The van der Waals surface area contributed by atoms with E-state index in [1.165, 1.54) is 20.0 Å². The first-order valence-electron chi connectivity index (χ1n) is 15.0. The van der Waals surface area contributed by atoms with Crippen molar-refractivity contribution in [3.63, 3.8) is 0 Å². The van der Waals surface area contributed by atoms with E-state index in [0.29, 0.717) is 49.1 Å². The van der Waals surface area contributed by atoms with Crippen LogP contribution in [0.5, 0.6) is 11.8 Å². The Bertz CT molecular complexity index is 1920. The molecule has 16 heteroatoms. The Morgan fingerprint density at radius 3 is 2.49 bits per heavy atom. The highest BCUT2D eigenvalue weighted by atomic mass is 32.1. The summed E-state index contributed by atoms with van der Waals surface area (Å²) in [5, 5.41) is 19.4. The van der Waals surface area contributed by atoms with Crippen molar-refractivity contribution < 1.29 is 40.9 Å². The second-order valence-electron chi connectivity index (χ2n) is 12.1. The number of methoxy groups -OCH3 is 1. The van der Waals surface area contributed by atoms with Crippen molar-refractivity contribution in [3.8, 4) is 29.0 Å². The number of hydrogen-bond donors (Lipinski definition) is 2. The summed E-state index contributed by atoms with van der Waals surface area (Å²) in [5.74, 6) is -3.44. The Labute approximate surface area is 268 Å². The zero-order chi connectivity index (χ0) is 33.4. The molecule has 4 atom stereocenters. The maximum atomic E-state index is 16.3. The first kappa shape index (κ1) is 31.5. The fourth-order valence-corrected chi connectivity index (χ4v) is 8.08. The lowest BCUT2D eigenvalue weighted by molar-refractivity contribution is -0.137. The van der Waals surface area contributed by atoms with Gasteiger partial charge in [-0.3, -0.25) is 4.90 Å². The summed E-state index contributed by atoms with van der Waals surface area (Å²) in [4.78, 5) is 12.2. The molecule has 5 aliphatic rings. The molecule has 2 aromatic carbocycles. The van der Waals surface area contributed by atoms with Crippen LogP contribution >= 0.6 is 11.3 Å². The normalized spacial score (nSPS) is 23.7. The van der Waals surface area contributed by atoms with E-state index in [0.717, 1.165) is 19.4 Å². The largest absolute Gasteiger partial charge is 0.507 e. The van der Waals surface area contributed by atoms with Crippen molar-refractivity contribution >= 4 is 43.1 Å². The van der Waals surface area contributed by atoms with Crippen molar-refractivity contribution in [1.29, 1.82) is 5.26 Å². The minimum absolute atomic E-state index is 0.0340. The Kier molecular flexibility index (Phi) is 7.76. The summed E-state index contributed by atoms with van der Waals surface area (Å²) in [6, 6.07) is 3.29. The summed E-state index contributed by atoms with van der Waals surface area (Å²) in [5.41, 5.74) is 1.65. The number of nitrogens with two attached hydrogens (primary N) is 1. The molecule has 2 aromatic heterocycles. The van der Waals surface area contributed by atoms with Crippen molar-refractivity contribution in [2.75, 3.05) is 43.9 Å². The van der Waals surface area contributed by atoms with Crippen LogP contribution < -0.4 is 15.4 Å². The minimum atomic E-state index is -5.13. The molecule has 0 saturated carbocycles. The van der Waals surface area contributed by atoms with Gasteiger partial charge in [0.2, 0.25) is 0 Å². The average Bonchev–Trinajstić information content (AvgIpc) is 3.70. The number of fused-ring (bicyclic) bond motifs is 5. The number of alkyl halides is 4. The number of aromatic nitrogens is 2. The van der Waals surface area contributed by atoms with E-state index in [4.69, 9.17) is 15.2 Å². The fourth-order valence-electron chi connectivity index (χ4n) is 7.15. The van der Waals surface area contributed by atoms with Crippen LogP contribution in [-0.4, -0.2) is 77.7 Å². The van der Waals surface area contributed by atoms with Gasteiger partial charge in [0, 0.05) is 60.1 Å². The number of piperidine rings is 1. The van der Waals surface area contributed by atoms with Crippen molar-refractivity contribution in [1.82, 2.24) is 14.9 Å². The number of phenolic OH excluding ortho intramolecular Hbond substituents is 1. The molecular formula is C31H28F6N6O3S. The van der Waals surface area contributed by atoms with Crippen molar-refractivity contribution in [2.24, 2.45) is 0 Å². The van der Waals surface area contributed by atoms with Crippen molar-refractivity contribution in [3.05, 3.63) is 34.9 Å². The van der Waals surface area contributed by atoms with Crippen LogP contribution in [0.2, 0.25) is 0 Å². The SMILES string of the molecule is COc1nc(N2CC3CC(C2)O3)c2cc(C(F)(F)F)c(-c3c(O)cc(F)c4sc(N)c(C#N)c34)c(F)c2n1.FC1CC2CCCN2C1. The van der Waals surface area contributed by atoms with Gasteiger partial charge in [-0.2, -0.15) is 28.4 Å². The molecule has 0 aliphatic carbocycles. The van der Waals surface area contributed by atoms with Gasteiger partial charge < -0.3 is 25.2 Å². The van der Waals surface area contributed by atoms with Gasteiger partial charge in [-0.25, -0.2) is 13.2 Å². The molecular weight excluding hydrogens is 650 g/mol. The summed E-state index contributed by atoms with van der Waals surface area (Å²) in [7, 11) is 1.23. The average molecular weight is 679 g/mol. The molecule has 9 rings (SSSR count). The summed E-state index contributed by atoms with van der Waals surface area (Å²) < 4.78 is 97.6. The fraction of sp³-hybridized carbons (Fsp3) is 0.452. The number of ether oxygens (including phenoxy) is 2. The predicted molar refractivity (Wildman–Crippen MR) is 162 cm³/mol. The molecule has 0 spiro atoms. The number of hydrogen-bond acceptors (Lipinski definition) is 10. The van der Waals surface area contributed by atoms with Crippen LogP contribution in [0.1, 0.15) is 36.8 Å². The molecule has 5 fully saturated rings. The van der Waals surface area contributed by atoms with Gasteiger partial charge in [-0.05, 0) is 31.9 Å². The highest BCUT2D eigenvalue weighted by molar-refractivity contribution is 7.23. The lowest BCUT2D eigenvalue weighted by Gasteiger charge is -2.47. The Hall–Kier alpha value is -4.07. The summed E-state index contributed by atoms with van der Waals surface area (Å²) >= 11 is 0.603. The number of morpholine rings is 1. The van der Waals surface area contributed by atoms with Gasteiger partial charge >= 0.3 is 12.2 Å². The van der Waals surface area contributed by atoms with E-state index in [9.17, 15) is 32.3 Å². The van der Waals surface area contributed by atoms with Gasteiger partial charge in [-0.15, -0.1) is 11.3 Å². The standard InChI is InChI=1S/C24H16F5N5O3S.C7H12FN/c1-36-23-32-19-10(22(33-23)34-6-8-2-9(7-34)37-8)3-12(24(27,28)29)16(18(19)26)17-14(35)4-13(25)20-15(17)11(5-30)21(31)38-20;8-6-4-7-2-1-3-9(7)5-6/h3-4,8-9,35H,2,6-7,31H2,1H3;6-7H,1-5H2. The third-order valence-corrected chi connectivity index (χ3v) is 10.2. The van der Waals surface area contributed by atoms with Gasteiger partial charge in [-0.1, -0.05) is 0 Å². The Balaban J connectivity index is 0.000000334. The maximum absolute atomic E-state index is 16.3. The zero-order valence-electron chi connectivity index (χ0n) is 24.9. The van der Waals surface area contributed by atoms with Crippen LogP contribution in [0.4, 0.5) is 37.2 Å². The molecule has 248 valence electrons. The molecule has 4 aromatic rings. The van der Waals surface area contributed by atoms with Gasteiger partial charge in [0.25, 0.3) is 0 Å². The van der Waals surface area contributed by atoms with E-state index < -0.39 is 57.3 Å². The number of halogens is 6. The van der Waals surface area contributed by atoms with E-state index in [2.05, 4.69) is 14.9 Å². The van der Waals surface area contributed by atoms with Gasteiger partial charge in [0.1, 0.15) is 40.1 Å². The first-order chi connectivity index (χ1) is 22.4. The number of aromatic hydroxyl groups is 1. The number of benzene rings is 2. The number of anilines is 2. The zero-order valence-corrected chi connectivity index (χ0v) is 25.7. The number of nitrogens with zero attached hydrogens (tertiary/aromatic N) is 5. The molecule has 4 unspecified atom stereocenters. The maximum Gasteiger partial charge on any atom is 0.417 e. The summed E-state index contributed by atoms with van der Waals surface area (Å²) in [6.07, 6.45) is -1.78. The number of phenols is 1. The molecule has 5 saturated heterocycles. The monoisotopic (exact) mass is 678 g/mol. The van der Waals surface area contributed by atoms with Crippen molar-refractivity contribution in [2.45, 2.75) is 56.3 Å². The smallest absolute Gasteiger partial charge is 0.417 e. The number of rotatable bonds is 3. The van der Waals surface area contributed by atoms with Crippen LogP contribution in [0, 0.1) is 23.0 Å². The highest BCUT2D eigenvalue weighted by Gasteiger charge is 2.42. The van der Waals surface area contributed by atoms with E-state index in [1.54, 1.807) is 11.0 Å². The topological polar surface area (TPSA) is 121 Å². The quantitative estimate of drug-likeness (QED) is 0.246. The second kappa shape index (κ2) is 11.6. The second-order valence-corrected chi connectivity index (χ2v) is 13.1. The Morgan fingerprint density at radius 1 is 1.13 bits per heavy atom. The molecule has 47 heavy (non-hydrogen) atoms. The molecule has 7 heterocycles. The van der Waals surface area contributed by atoms with Crippen LogP contribution in [0.25, 0.3) is 32.1 Å². The lowest BCUT2D eigenvalue weighted by atomic mass is 9.91. The van der Waals surface area contributed by atoms with E-state index >= 15 is 4.39 Å². The minimum Gasteiger partial charge on any atom is -0.507 e. The third kappa shape index (κ3) is 5.34. The van der Waals surface area contributed by atoms with Gasteiger partial charge in [0.05, 0.1) is 35.1 Å². The number of nitriles is 1. The highest BCUT2D eigenvalue weighted by Crippen LogP contribution is 2.51. The molecule has 9 nitrogen and oxygen atoms in total. The lowest BCUT2D eigenvalue weighted by Crippen LogP contribution is -2.57. The molecule has 0 amide bonds. The third-order valence-electron chi connectivity index (χ3n) is 9.18. The molecule has 5 aliphatic heterocycles. The molecule has 3 N–H and O–H groups in total. The van der Waals surface area contributed by atoms with Crippen LogP contribution in [0.3, 0.4) is 0 Å². The predicted octanol–water partition coefficient (Wildman–Crippen LogP) is 6.15. The number of nitrogen functional groups attached to an aromatic ring is 1. The van der Waals surface area contributed by atoms with Crippen LogP contribution in [0.15, 0.2) is 12.1 Å². The van der Waals surface area contributed by atoms with E-state index in [1.807, 2.05) is 0 Å². The first-order valence-corrected chi connectivity index (χ1v) is 15.8.